The highest BCUT2D eigenvalue weighted by molar-refractivity contribution is 8.01. The molecular formula is C44H60N8O7S. The van der Waals surface area contributed by atoms with Gasteiger partial charge in [0.05, 0.1) is 30.6 Å². The number of aromatic nitrogens is 2. The summed E-state index contributed by atoms with van der Waals surface area (Å²) in [7, 11) is 0. The third-order valence-corrected chi connectivity index (χ3v) is 13.7. The van der Waals surface area contributed by atoms with Gasteiger partial charge in [-0.1, -0.05) is 83.7 Å². The standard InChI is InChI=1S/C44H60N8O7S/c1-6-13-31(36(54)41(58)47-27(2)29-14-9-7-10-15-29)48-39(56)33-22-44(52(24-28-18-19-28)34(53)25-60-44)26-51(33)42(59)37(43(3,4)5)50-40(57)35(30-16-11-8-12-17-30)49-38(55)32-23-45-20-21-46-32/h7,9-10,14-15,20-21,23,27-28,30-31,33,35,37H,6,8,11-13,16-19,22,24-26H2,1-5H3,(H,47,58)(H,48,56)(H,49,55)(H,50,57)/t27-,31?,33-,35-,37?,44?/m0/s1. The molecule has 2 saturated carbocycles. The predicted octanol–water partition coefficient (Wildman–Crippen LogP) is 3.70. The number of carbonyl (C=O) groups excluding carboxylic acids is 7. The maximum atomic E-state index is 15.1. The number of carbonyl (C=O) groups is 7. The summed E-state index contributed by atoms with van der Waals surface area (Å²) in [6.45, 7) is 9.64. The average Bonchev–Trinajstić information content (AvgIpc) is 3.92. The van der Waals surface area contributed by atoms with Crippen molar-refractivity contribution in [1.29, 1.82) is 0 Å². The smallest absolute Gasteiger partial charge is 0.290 e. The minimum atomic E-state index is -1.16. The Morgan fingerprint density at radius 3 is 2.28 bits per heavy atom. The molecule has 16 heteroatoms. The summed E-state index contributed by atoms with van der Waals surface area (Å²) in [5.74, 6) is -3.52. The van der Waals surface area contributed by atoms with Crippen LogP contribution in [0.4, 0.5) is 0 Å². The highest BCUT2D eigenvalue weighted by Gasteiger charge is 2.58. The van der Waals surface area contributed by atoms with Crippen molar-refractivity contribution in [2.24, 2.45) is 17.3 Å². The number of amides is 6. The van der Waals surface area contributed by atoms with E-state index in [0.717, 1.165) is 37.7 Å². The van der Waals surface area contributed by atoms with E-state index < -0.39 is 75.8 Å². The zero-order valence-electron chi connectivity index (χ0n) is 35.4. The third-order valence-electron chi connectivity index (χ3n) is 12.3. The van der Waals surface area contributed by atoms with Crippen molar-refractivity contribution in [3.8, 4) is 0 Å². The molecule has 4 aliphatic rings. The van der Waals surface area contributed by atoms with E-state index in [9.17, 15) is 28.8 Å². The van der Waals surface area contributed by atoms with Crippen LogP contribution in [0.3, 0.4) is 0 Å². The van der Waals surface area contributed by atoms with E-state index >= 15 is 4.79 Å². The summed E-state index contributed by atoms with van der Waals surface area (Å²) >= 11 is 1.41. The molecule has 1 aromatic heterocycles. The summed E-state index contributed by atoms with van der Waals surface area (Å²) < 4.78 is 0. The molecule has 4 fully saturated rings. The highest BCUT2D eigenvalue weighted by Crippen LogP contribution is 2.48. The van der Waals surface area contributed by atoms with Crippen LogP contribution >= 0.6 is 11.8 Å². The lowest BCUT2D eigenvalue weighted by molar-refractivity contribution is -0.145. The lowest BCUT2D eigenvalue weighted by atomic mass is 9.82. The molecule has 4 N–H and O–H groups in total. The fourth-order valence-corrected chi connectivity index (χ4v) is 10.0. The van der Waals surface area contributed by atoms with Crippen LogP contribution in [0.5, 0.6) is 0 Å². The molecule has 1 spiro atoms. The molecule has 1 aromatic carbocycles. The third kappa shape index (κ3) is 10.5. The summed E-state index contributed by atoms with van der Waals surface area (Å²) in [5.41, 5.74) is 0.0157. The van der Waals surface area contributed by atoms with Crippen molar-refractivity contribution in [3.05, 3.63) is 60.2 Å². The number of Topliss-reactive ketones (excluding diaryl/α,β-unsaturated/α-hetero) is 1. The van der Waals surface area contributed by atoms with Gasteiger partial charge in [-0.15, -0.1) is 11.8 Å². The molecule has 6 amide bonds. The first-order valence-electron chi connectivity index (χ1n) is 21.4. The second-order valence-electron chi connectivity index (χ2n) is 17.9. The molecule has 15 nitrogen and oxygen atoms in total. The van der Waals surface area contributed by atoms with E-state index in [1.807, 2.05) is 62.9 Å². The van der Waals surface area contributed by atoms with Gasteiger partial charge in [-0.25, -0.2) is 4.98 Å². The Morgan fingerprint density at radius 2 is 1.65 bits per heavy atom. The first kappa shape index (κ1) is 44.7. The number of hydrogen-bond donors (Lipinski definition) is 4. The average molecular weight is 845 g/mol. The molecule has 2 aliphatic carbocycles. The Labute approximate surface area is 356 Å². The minimum absolute atomic E-state index is 0.0342. The van der Waals surface area contributed by atoms with Gasteiger partial charge in [-0.3, -0.25) is 38.5 Å². The minimum Gasteiger partial charge on any atom is -0.344 e. The van der Waals surface area contributed by atoms with Crippen LogP contribution in [0.25, 0.3) is 0 Å². The van der Waals surface area contributed by atoms with Crippen LogP contribution in [-0.4, -0.2) is 109 Å². The lowest BCUT2D eigenvalue weighted by Gasteiger charge is -2.38. The molecule has 2 saturated heterocycles. The number of rotatable bonds is 16. The van der Waals surface area contributed by atoms with Crippen LogP contribution in [0.2, 0.25) is 0 Å². The van der Waals surface area contributed by atoms with E-state index in [-0.39, 0.29) is 42.7 Å². The molecule has 6 rings (SSSR count). The van der Waals surface area contributed by atoms with Gasteiger partial charge in [-0.05, 0) is 61.8 Å². The Morgan fingerprint density at radius 1 is 0.933 bits per heavy atom. The topological polar surface area (TPSA) is 200 Å². The molecule has 2 aliphatic heterocycles. The van der Waals surface area contributed by atoms with Gasteiger partial charge < -0.3 is 31.1 Å². The lowest BCUT2D eigenvalue weighted by Crippen LogP contribution is -2.62. The zero-order chi connectivity index (χ0) is 43.2. The highest BCUT2D eigenvalue weighted by atomic mass is 32.2. The van der Waals surface area contributed by atoms with Crippen molar-refractivity contribution in [1.82, 2.24) is 41.0 Å². The summed E-state index contributed by atoms with van der Waals surface area (Å²) in [6, 6.07) is 4.38. The van der Waals surface area contributed by atoms with Crippen molar-refractivity contribution >= 4 is 53.0 Å². The van der Waals surface area contributed by atoms with Crippen molar-refractivity contribution in [3.63, 3.8) is 0 Å². The number of benzene rings is 1. The Bertz CT molecular complexity index is 1900. The fraction of sp³-hybridized carbons (Fsp3) is 0.614. The molecule has 60 heavy (non-hydrogen) atoms. The number of likely N-dealkylation sites (tertiary alicyclic amines) is 1. The second kappa shape index (κ2) is 19.2. The molecule has 3 heterocycles. The normalized spacial score (nSPS) is 22.8. The van der Waals surface area contributed by atoms with Crippen LogP contribution in [-0.2, 0) is 28.8 Å². The second-order valence-corrected chi connectivity index (χ2v) is 19.3. The van der Waals surface area contributed by atoms with Crippen LogP contribution < -0.4 is 21.3 Å². The maximum absolute atomic E-state index is 15.1. The summed E-state index contributed by atoms with van der Waals surface area (Å²) in [4.78, 5) is 109. The molecule has 3 unspecified atom stereocenters. The van der Waals surface area contributed by atoms with Gasteiger partial charge in [0.2, 0.25) is 29.4 Å². The van der Waals surface area contributed by atoms with E-state index in [4.69, 9.17) is 0 Å². The molecule has 324 valence electrons. The molecule has 2 aromatic rings. The first-order chi connectivity index (χ1) is 28.6. The first-order valence-corrected chi connectivity index (χ1v) is 22.4. The van der Waals surface area contributed by atoms with Crippen molar-refractivity contribution in [2.75, 3.05) is 18.8 Å². The van der Waals surface area contributed by atoms with E-state index in [2.05, 4.69) is 31.2 Å². The largest absolute Gasteiger partial charge is 0.344 e. The Balaban J connectivity index is 1.27. The Kier molecular flexibility index (Phi) is 14.3. The van der Waals surface area contributed by atoms with Crippen molar-refractivity contribution < 1.29 is 33.6 Å². The number of thioether (sulfide) groups is 1. The summed E-state index contributed by atoms with van der Waals surface area (Å²) in [6.07, 6.45) is 11.2. The van der Waals surface area contributed by atoms with Gasteiger partial charge in [-0.2, -0.15) is 0 Å². The number of hydrogen-bond acceptors (Lipinski definition) is 10. The summed E-state index contributed by atoms with van der Waals surface area (Å²) in [5, 5.41) is 11.5. The number of nitrogens with one attached hydrogen (secondary N) is 4. The molecule has 0 radical (unpaired) electrons. The van der Waals surface area contributed by atoms with Gasteiger partial charge >= 0.3 is 0 Å². The monoisotopic (exact) mass is 844 g/mol. The predicted molar refractivity (Wildman–Crippen MR) is 226 cm³/mol. The van der Waals surface area contributed by atoms with E-state index in [1.165, 1.54) is 35.3 Å². The van der Waals surface area contributed by atoms with Crippen LogP contribution in [0.15, 0.2) is 48.9 Å². The van der Waals surface area contributed by atoms with E-state index in [1.54, 1.807) is 6.92 Å². The van der Waals surface area contributed by atoms with Crippen molar-refractivity contribution in [2.45, 2.75) is 134 Å². The zero-order valence-corrected chi connectivity index (χ0v) is 36.2. The molecule has 0 bridgehead atoms. The molecular weight excluding hydrogens is 785 g/mol. The SMILES string of the molecule is CCCC(NC(=O)[C@@H]1CC2(CN1C(=O)C(NC(=O)[C@@H](NC(=O)c1cnccn1)C1CCCCC1)C(C)(C)C)SCC(=O)N2CC1CC1)C(=O)C(=O)N[C@@H](C)c1ccccc1. The van der Waals surface area contributed by atoms with Crippen LogP contribution in [0.1, 0.15) is 121 Å². The molecule has 6 atom stereocenters. The van der Waals surface area contributed by atoms with Gasteiger partial charge in [0.25, 0.3) is 11.8 Å². The van der Waals surface area contributed by atoms with E-state index in [0.29, 0.717) is 31.7 Å². The van der Waals surface area contributed by atoms with Gasteiger partial charge in [0.1, 0.15) is 28.7 Å². The van der Waals surface area contributed by atoms with Crippen LogP contribution in [0, 0.1) is 17.3 Å². The number of nitrogens with zero attached hydrogens (tertiary/aromatic N) is 4. The Hall–Kier alpha value is -4.86. The van der Waals surface area contributed by atoms with Gasteiger partial charge in [0, 0.05) is 25.4 Å². The number of ketones is 1. The quantitative estimate of drug-likeness (QED) is 0.181. The maximum Gasteiger partial charge on any atom is 0.290 e. The fourth-order valence-electron chi connectivity index (χ4n) is 8.64. The van der Waals surface area contributed by atoms with Gasteiger partial charge in [0.15, 0.2) is 0 Å².